The molecule has 1 rings (SSSR count). The number of esters is 1. The van der Waals surface area contributed by atoms with E-state index in [0.717, 1.165) is 14.9 Å². The van der Waals surface area contributed by atoms with E-state index >= 15 is 0 Å². The molecule has 0 bridgehead atoms. The monoisotopic (exact) mass is 577 g/mol. The van der Waals surface area contributed by atoms with Gasteiger partial charge in [0.05, 0.1) is 17.2 Å². The van der Waals surface area contributed by atoms with Gasteiger partial charge in [0.1, 0.15) is 17.8 Å². The van der Waals surface area contributed by atoms with E-state index in [4.69, 9.17) is 10.2 Å². The van der Waals surface area contributed by atoms with Crippen LogP contribution in [-0.4, -0.2) is 63.8 Å². The van der Waals surface area contributed by atoms with Crippen molar-refractivity contribution in [3.05, 3.63) is 27.3 Å². The summed E-state index contributed by atoms with van der Waals surface area (Å²) in [6.45, 7) is 12.2. The number of carbonyl (C=O) groups excluding carboxylic acids is 3. The minimum atomic E-state index is -1.99. The second-order valence-corrected chi connectivity index (χ2v) is 15.2. The normalized spacial score (nSPS) is 13.7. The first-order valence-corrected chi connectivity index (χ1v) is 14.4. The number of likely N-dealkylation sites (N-methyl/N-ethyl adjacent to an activating group) is 1. The molecule has 32 heavy (non-hydrogen) atoms. The number of ether oxygens (including phenoxy) is 1. The lowest BCUT2D eigenvalue weighted by Gasteiger charge is -2.36. The minimum Gasteiger partial charge on any atom is -0.543 e. The molecule has 0 saturated heterocycles. The van der Waals surface area contributed by atoms with Crippen molar-refractivity contribution in [2.24, 2.45) is 5.73 Å². The number of hydrogen-bond donors (Lipinski definition) is 2. The second-order valence-electron chi connectivity index (χ2n) is 9.31. The molecule has 0 saturated carbocycles. The summed E-state index contributed by atoms with van der Waals surface area (Å²) < 4.78 is 12.0. The zero-order valence-corrected chi connectivity index (χ0v) is 23.4. The first-order chi connectivity index (χ1) is 14.6. The van der Waals surface area contributed by atoms with Gasteiger partial charge in [0.15, 0.2) is 0 Å². The van der Waals surface area contributed by atoms with E-state index in [-0.39, 0.29) is 23.9 Å². The maximum absolute atomic E-state index is 12.9. The molecule has 0 aliphatic carbocycles. The van der Waals surface area contributed by atoms with Crippen LogP contribution in [0.1, 0.15) is 33.3 Å². The average Bonchev–Trinajstić information content (AvgIpc) is 2.70. The summed E-state index contributed by atoms with van der Waals surface area (Å²) in [6, 6.07) is 4.09. The number of methoxy groups -OCH3 is 1. The van der Waals surface area contributed by atoms with Crippen molar-refractivity contribution in [3.8, 4) is 5.75 Å². The van der Waals surface area contributed by atoms with Gasteiger partial charge < -0.3 is 25.1 Å². The fourth-order valence-corrected chi connectivity index (χ4v) is 4.61. The molecule has 1 aromatic rings. The summed E-state index contributed by atoms with van der Waals surface area (Å²) in [6.07, 6.45) is 0.262. The van der Waals surface area contributed by atoms with Gasteiger partial charge in [0, 0.05) is 13.5 Å². The third kappa shape index (κ3) is 7.44. The highest BCUT2D eigenvalue weighted by atomic mass is 127. The minimum absolute atomic E-state index is 0.0690. The summed E-state index contributed by atoms with van der Waals surface area (Å²) in [5.41, 5.74) is 6.36. The van der Waals surface area contributed by atoms with Crippen LogP contribution in [0.15, 0.2) is 18.2 Å². The molecule has 0 spiro atoms. The molecule has 0 radical (unpaired) electrons. The molecule has 2 atom stereocenters. The lowest BCUT2D eigenvalue weighted by atomic mass is 10.0. The molecular weight excluding hydrogens is 541 g/mol. The molecule has 0 fully saturated rings. The van der Waals surface area contributed by atoms with Crippen LogP contribution in [-0.2, 0) is 25.5 Å². The van der Waals surface area contributed by atoms with Gasteiger partial charge in [0.2, 0.25) is 11.8 Å². The molecule has 0 unspecified atom stereocenters. The van der Waals surface area contributed by atoms with Crippen LogP contribution in [0.2, 0.25) is 18.1 Å². The summed E-state index contributed by atoms with van der Waals surface area (Å²) in [4.78, 5) is 38.1. The maximum Gasteiger partial charge on any atom is 0.328 e. The molecule has 0 aromatic heterocycles. The molecule has 2 amide bonds. The van der Waals surface area contributed by atoms with Crippen LogP contribution in [0.5, 0.6) is 5.75 Å². The number of rotatable bonds is 9. The molecule has 0 aliphatic heterocycles. The number of nitrogens with one attached hydrogen (secondary N) is 1. The Morgan fingerprint density at radius 1 is 1.25 bits per heavy atom. The number of amides is 2. The third-order valence-corrected chi connectivity index (χ3v) is 11.0. The van der Waals surface area contributed by atoms with Crippen LogP contribution in [0.3, 0.4) is 0 Å². The molecule has 8 nitrogen and oxygen atoms in total. The number of hydrogen-bond acceptors (Lipinski definition) is 6. The topological polar surface area (TPSA) is 111 Å². The molecule has 3 N–H and O–H groups in total. The van der Waals surface area contributed by atoms with Crippen molar-refractivity contribution in [3.63, 3.8) is 0 Å². The van der Waals surface area contributed by atoms with Gasteiger partial charge in [-0.25, -0.2) is 4.79 Å². The lowest BCUT2D eigenvalue weighted by Crippen LogP contribution is -2.53. The Balaban J connectivity index is 3.14. The van der Waals surface area contributed by atoms with Gasteiger partial charge in [-0.1, -0.05) is 26.8 Å². The van der Waals surface area contributed by atoms with Gasteiger partial charge in [-0.05, 0) is 65.3 Å². The molecule has 0 aliphatic rings. The highest BCUT2D eigenvalue weighted by molar-refractivity contribution is 14.1. The Morgan fingerprint density at radius 3 is 2.31 bits per heavy atom. The lowest BCUT2D eigenvalue weighted by molar-refractivity contribution is -0.145. The molecule has 1 aromatic carbocycles. The second kappa shape index (κ2) is 11.5. The van der Waals surface area contributed by atoms with E-state index in [1.807, 2.05) is 18.2 Å². The standard InChI is InChI=1S/C22H36IN3O5Si/c1-14(21(29)30-6)25-20(28)17(26(5)19(27)13-24)12-15-9-10-18(16(23)11-15)31-32(7,8)22(2,3)4/h9-11,14,17H,12-13,24H2,1-8H3,(H,25,28)/t14-,17+/m0/s1. The van der Waals surface area contributed by atoms with Crippen LogP contribution in [0.25, 0.3) is 0 Å². The fourth-order valence-electron chi connectivity index (χ4n) is 2.67. The van der Waals surface area contributed by atoms with Crippen LogP contribution >= 0.6 is 22.6 Å². The summed E-state index contributed by atoms with van der Waals surface area (Å²) in [7, 11) is 0.787. The predicted molar refractivity (Wildman–Crippen MR) is 136 cm³/mol. The maximum atomic E-state index is 12.9. The van der Waals surface area contributed by atoms with Gasteiger partial charge >= 0.3 is 5.97 Å². The quantitative estimate of drug-likeness (QED) is 0.265. The highest BCUT2D eigenvalue weighted by Crippen LogP contribution is 2.38. The summed E-state index contributed by atoms with van der Waals surface area (Å²) in [5, 5.41) is 2.68. The van der Waals surface area contributed by atoms with Crippen molar-refractivity contribution in [2.75, 3.05) is 20.7 Å². The average molecular weight is 578 g/mol. The Hall–Kier alpha value is -1.66. The zero-order chi connectivity index (χ0) is 24.9. The van der Waals surface area contributed by atoms with Crippen molar-refractivity contribution >= 4 is 48.7 Å². The number of halogens is 1. The van der Waals surface area contributed by atoms with Gasteiger partial charge in [-0.15, -0.1) is 0 Å². The Bertz CT molecular complexity index is 841. The van der Waals surface area contributed by atoms with Crippen molar-refractivity contribution in [2.45, 2.75) is 64.3 Å². The van der Waals surface area contributed by atoms with Crippen LogP contribution in [0.4, 0.5) is 0 Å². The smallest absolute Gasteiger partial charge is 0.328 e. The van der Waals surface area contributed by atoms with Gasteiger partial charge in [0.25, 0.3) is 8.32 Å². The van der Waals surface area contributed by atoms with E-state index in [9.17, 15) is 14.4 Å². The highest BCUT2D eigenvalue weighted by Gasteiger charge is 2.39. The number of carbonyl (C=O) groups is 3. The zero-order valence-electron chi connectivity index (χ0n) is 20.2. The molecule has 180 valence electrons. The van der Waals surface area contributed by atoms with E-state index in [1.54, 1.807) is 0 Å². The van der Waals surface area contributed by atoms with Crippen molar-refractivity contribution < 1.29 is 23.5 Å². The van der Waals surface area contributed by atoms with Crippen LogP contribution in [0, 0.1) is 3.57 Å². The summed E-state index contributed by atoms with van der Waals surface area (Å²) in [5.74, 6) is -0.577. The molecular formula is C22H36IN3O5Si. The Labute approximate surface area is 205 Å². The molecule has 0 heterocycles. The predicted octanol–water partition coefficient (Wildman–Crippen LogP) is 2.68. The number of nitrogens with zero attached hydrogens (tertiary/aromatic N) is 1. The largest absolute Gasteiger partial charge is 0.543 e. The van der Waals surface area contributed by atoms with E-state index in [0.29, 0.717) is 0 Å². The van der Waals surface area contributed by atoms with Gasteiger partial charge in [-0.3, -0.25) is 9.59 Å². The Kier molecular flexibility index (Phi) is 10.2. The Morgan fingerprint density at radius 2 is 1.84 bits per heavy atom. The van der Waals surface area contributed by atoms with E-state index < -0.39 is 32.3 Å². The number of benzene rings is 1. The van der Waals surface area contributed by atoms with Crippen molar-refractivity contribution in [1.29, 1.82) is 0 Å². The van der Waals surface area contributed by atoms with E-state index in [1.165, 1.54) is 26.0 Å². The van der Waals surface area contributed by atoms with Crippen molar-refractivity contribution in [1.82, 2.24) is 10.2 Å². The fraction of sp³-hybridized carbons (Fsp3) is 0.591. The van der Waals surface area contributed by atoms with Gasteiger partial charge in [-0.2, -0.15) is 0 Å². The first kappa shape index (κ1) is 28.4. The third-order valence-electron chi connectivity index (χ3n) is 5.85. The SMILES string of the molecule is COC(=O)[C@H](C)NC(=O)[C@@H](Cc1ccc(O[Si](C)(C)C(C)(C)C)c(I)c1)N(C)C(=O)CN. The summed E-state index contributed by atoms with van der Waals surface area (Å²) >= 11 is 2.22. The van der Waals surface area contributed by atoms with Crippen LogP contribution < -0.4 is 15.5 Å². The van der Waals surface area contributed by atoms with E-state index in [2.05, 4.69) is 66.5 Å². The number of nitrogens with two attached hydrogens (primary N) is 1. The first-order valence-electron chi connectivity index (χ1n) is 10.5. The molecule has 10 heteroatoms.